The van der Waals surface area contributed by atoms with Gasteiger partial charge < -0.3 is 14.2 Å². The molecule has 26 heavy (non-hydrogen) atoms. The fourth-order valence-electron chi connectivity index (χ4n) is 3.11. The van der Waals surface area contributed by atoms with Crippen molar-refractivity contribution in [1.29, 1.82) is 0 Å². The number of aromatic nitrogens is 2. The van der Waals surface area contributed by atoms with Crippen LogP contribution in [0.1, 0.15) is 23.8 Å². The standard InChI is InChI=1S/C20H19N3O3/c1-13-3-7-16(8-4-13)23-12-15(11-18(23)24)20-21-19(22-26-20)14-5-9-17(25-2)10-6-14/h3-10,15H,11-12H2,1-2H3. The number of ether oxygens (including phenoxy) is 1. The molecule has 6 nitrogen and oxygen atoms in total. The summed E-state index contributed by atoms with van der Waals surface area (Å²) < 4.78 is 10.6. The van der Waals surface area contributed by atoms with Crippen molar-refractivity contribution < 1.29 is 14.1 Å². The molecule has 0 radical (unpaired) electrons. The number of aryl methyl sites for hydroxylation is 1. The van der Waals surface area contributed by atoms with Gasteiger partial charge in [0.2, 0.25) is 17.6 Å². The Hall–Kier alpha value is -3.15. The summed E-state index contributed by atoms with van der Waals surface area (Å²) in [6, 6.07) is 15.4. The molecule has 1 unspecified atom stereocenters. The van der Waals surface area contributed by atoms with Gasteiger partial charge in [-0.2, -0.15) is 4.98 Å². The van der Waals surface area contributed by atoms with Gasteiger partial charge in [-0.15, -0.1) is 0 Å². The molecule has 1 amide bonds. The van der Waals surface area contributed by atoms with Gasteiger partial charge in [0.25, 0.3) is 0 Å². The topological polar surface area (TPSA) is 68.5 Å². The molecule has 4 rings (SSSR count). The molecule has 0 aliphatic carbocycles. The number of carbonyl (C=O) groups is 1. The Balaban J connectivity index is 1.52. The number of methoxy groups -OCH3 is 1. The van der Waals surface area contributed by atoms with E-state index in [1.165, 1.54) is 0 Å². The van der Waals surface area contributed by atoms with Gasteiger partial charge >= 0.3 is 0 Å². The molecule has 1 fully saturated rings. The van der Waals surface area contributed by atoms with Crippen LogP contribution in [0.4, 0.5) is 5.69 Å². The SMILES string of the molecule is COc1ccc(-c2noc(C3CC(=O)N(c4ccc(C)cc4)C3)n2)cc1. The fourth-order valence-corrected chi connectivity index (χ4v) is 3.11. The first kappa shape index (κ1) is 16.3. The number of carbonyl (C=O) groups excluding carboxylic acids is 1. The van der Waals surface area contributed by atoms with E-state index in [4.69, 9.17) is 9.26 Å². The number of hydrogen-bond donors (Lipinski definition) is 0. The van der Waals surface area contributed by atoms with Gasteiger partial charge in [-0.3, -0.25) is 4.79 Å². The van der Waals surface area contributed by atoms with Crippen LogP contribution in [0.3, 0.4) is 0 Å². The smallest absolute Gasteiger partial charge is 0.232 e. The van der Waals surface area contributed by atoms with Crippen molar-refractivity contribution >= 4 is 11.6 Å². The number of rotatable bonds is 4. The van der Waals surface area contributed by atoms with E-state index in [2.05, 4.69) is 10.1 Å². The van der Waals surface area contributed by atoms with Gasteiger partial charge in [-0.05, 0) is 43.3 Å². The molecule has 0 spiro atoms. The second kappa shape index (κ2) is 6.63. The lowest BCUT2D eigenvalue weighted by Crippen LogP contribution is -2.24. The van der Waals surface area contributed by atoms with Crippen molar-refractivity contribution in [2.75, 3.05) is 18.6 Å². The van der Waals surface area contributed by atoms with E-state index in [-0.39, 0.29) is 11.8 Å². The molecular weight excluding hydrogens is 330 g/mol. The average Bonchev–Trinajstić information content (AvgIpc) is 3.29. The van der Waals surface area contributed by atoms with Crippen molar-refractivity contribution in [2.24, 2.45) is 0 Å². The molecular formula is C20H19N3O3. The zero-order valence-corrected chi connectivity index (χ0v) is 14.7. The lowest BCUT2D eigenvalue weighted by Gasteiger charge is -2.16. The van der Waals surface area contributed by atoms with Crippen LogP contribution in [0.25, 0.3) is 11.4 Å². The predicted molar refractivity (Wildman–Crippen MR) is 97.2 cm³/mol. The number of amides is 1. The summed E-state index contributed by atoms with van der Waals surface area (Å²) in [4.78, 5) is 18.7. The Morgan fingerprint density at radius 3 is 2.54 bits per heavy atom. The maximum Gasteiger partial charge on any atom is 0.232 e. The second-order valence-corrected chi connectivity index (χ2v) is 6.43. The molecule has 1 aromatic heterocycles. The van der Waals surface area contributed by atoms with Crippen LogP contribution in [-0.4, -0.2) is 29.7 Å². The zero-order valence-electron chi connectivity index (χ0n) is 14.7. The normalized spacial score (nSPS) is 16.9. The van der Waals surface area contributed by atoms with Crippen LogP contribution in [-0.2, 0) is 4.79 Å². The van der Waals surface area contributed by atoms with Gasteiger partial charge in [0.1, 0.15) is 5.75 Å². The van der Waals surface area contributed by atoms with Gasteiger partial charge in [-0.1, -0.05) is 22.9 Å². The summed E-state index contributed by atoms with van der Waals surface area (Å²) in [5, 5.41) is 4.06. The first-order chi connectivity index (χ1) is 12.6. The maximum absolute atomic E-state index is 12.4. The Morgan fingerprint density at radius 1 is 1.12 bits per heavy atom. The fraction of sp³-hybridized carbons (Fsp3) is 0.250. The molecule has 132 valence electrons. The van der Waals surface area contributed by atoms with Gasteiger partial charge in [0, 0.05) is 24.2 Å². The van der Waals surface area contributed by atoms with Gasteiger partial charge in [-0.25, -0.2) is 0 Å². The number of anilines is 1. The lowest BCUT2D eigenvalue weighted by molar-refractivity contribution is -0.117. The molecule has 1 saturated heterocycles. The number of nitrogens with zero attached hydrogens (tertiary/aromatic N) is 3. The zero-order chi connectivity index (χ0) is 18.1. The average molecular weight is 349 g/mol. The van der Waals surface area contributed by atoms with E-state index in [1.54, 1.807) is 12.0 Å². The van der Waals surface area contributed by atoms with Crippen molar-refractivity contribution in [1.82, 2.24) is 10.1 Å². The Morgan fingerprint density at radius 2 is 1.85 bits per heavy atom. The highest BCUT2D eigenvalue weighted by atomic mass is 16.5. The summed E-state index contributed by atoms with van der Waals surface area (Å²) in [5.41, 5.74) is 2.91. The first-order valence-corrected chi connectivity index (χ1v) is 8.49. The minimum atomic E-state index is -0.0942. The summed E-state index contributed by atoms with van der Waals surface area (Å²) in [7, 11) is 1.62. The lowest BCUT2D eigenvalue weighted by atomic mass is 10.1. The summed E-state index contributed by atoms with van der Waals surface area (Å²) in [6.07, 6.45) is 0.373. The Labute approximate surface area is 151 Å². The molecule has 0 saturated carbocycles. The van der Waals surface area contributed by atoms with E-state index in [9.17, 15) is 4.79 Å². The third-order valence-corrected chi connectivity index (χ3v) is 4.61. The minimum absolute atomic E-state index is 0.0723. The van der Waals surface area contributed by atoms with Gasteiger partial charge in [0.05, 0.1) is 13.0 Å². The first-order valence-electron chi connectivity index (χ1n) is 8.49. The van der Waals surface area contributed by atoms with E-state index in [1.807, 2.05) is 55.5 Å². The van der Waals surface area contributed by atoms with Crippen LogP contribution in [0, 0.1) is 6.92 Å². The van der Waals surface area contributed by atoms with Crippen LogP contribution in [0.5, 0.6) is 5.75 Å². The highest BCUT2D eigenvalue weighted by molar-refractivity contribution is 5.96. The quantitative estimate of drug-likeness (QED) is 0.720. The molecule has 1 atom stereocenters. The van der Waals surface area contributed by atoms with E-state index >= 15 is 0 Å². The third kappa shape index (κ3) is 3.06. The highest BCUT2D eigenvalue weighted by Crippen LogP contribution is 2.32. The van der Waals surface area contributed by atoms with E-state index < -0.39 is 0 Å². The third-order valence-electron chi connectivity index (χ3n) is 4.61. The second-order valence-electron chi connectivity index (χ2n) is 6.43. The monoisotopic (exact) mass is 349 g/mol. The van der Waals surface area contributed by atoms with Crippen molar-refractivity contribution in [3.05, 3.63) is 60.0 Å². The van der Waals surface area contributed by atoms with E-state index in [0.717, 1.165) is 22.6 Å². The molecule has 0 bridgehead atoms. The maximum atomic E-state index is 12.4. The highest BCUT2D eigenvalue weighted by Gasteiger charge is 2.35. The largest absolute Gasteiger partial charge is 0.497 e. The molecule has 1 aliphatic heterocycles. The number of hydrogen-bond acceptors (Lipinski definition) is 5. The van der Waals surface area contributed by atoms with Crippen LogP contribution in [0.2, 0.25) is 0 Å². The van der Waals surface area contributed by atoms with Crippen LogP contribution < -0.4 is 9.64 Å². The van der Waals surface area contributed by atoms with Gasteiger partial charge in [0.15, 0.2) is 0 Å². The number of benzene rings is 2. The molecule has 2 aromatic carbocycles. The van der Waals surface area contributed by atoms with Crippen molar-refractivity contribution in [3.8, 4) is 17.1 Å². The molecule has 3 aromatic rings. The Kier molecular flexibility index (Phi) is 4.16. The molecule has 2 heterocycles. The predicted octanol–water partition coefficient (Wildman–Crippen LogP) is 3.57. The minimum Gasteiger partial charge on any atom is -0.497 e. The van der Waals surface area contributed by atoms with Crippen molar-refractivity contribution in [2.45, 2.75) is 19.3 Å². The molecule has 1 aliphatic rings. The summed E-state index contributed by atoms with van der Waals surface area (Å²) >= 11 is 0. The molecule has 6 heteroatoms. The van der Waals surface area contributed by atoms with Crippen LogP contribution >= 0.6 is 0 Å². The summed E-state index contributed by atoms with van der Waals surface area (Å²) in [5.74, 6) is 1.77. The van der Waals surface area contributed by atoms with Crippen LogP contribution in [0.15, 0.2) is 53.1 Å². The summed E-state index contributed by atoms with van der Waals surface area (Å²) in [6.45, 7) is 2.57. The van der Waals surface area contributed by atoms with Crippen molar-refractivity contribution in [3.63, 3.8) is 0 Å². The molecule has 0 N–H and O–H groups in total. The Bertz CT molecular complexity index is 916. The van der Waals surface area contributed by atoms with E-state index in [0.29, 0.717) is 24.7 Å².